The summed E-state index contributed by atoms with van der Waals surface area (Å²) >= 11 is 0. The Morgan fingerprint density at radius 3 is 1.82 bits per heavy atom. The van der Waals surface area contributed by atoms with Gasteiger partial charge < -0.3 is 13.8 Å². The molecule has 0 atom stereocenters. The highest BCUT2D eigenvalue weighted by Crippen LogP contribution is 2.63. The van der Waals surface area contributed by atoms with Gasteiger partial charge in [-0.25, -0.2) is 0 Å². The van der Waals surface area contributed by atoms with Gasteiger partial charge in [-0.2, -0.15) is 0 Å². The highest BCUT2D eigenvalue weighted by molar-refractivity contribution is 6.93. The monoisotopic (exact) mass is 866 g/mol. The fourth-order valence-corrected chi connectivity index (χ4v) is 18.1. The molecule has 10 aliphatic rings. The van der Waals surface area contributed by atoms with Gasteiger partial charge in [-0.1, -0.05) is 78.9 Å². The van der Waals surface area contributed by atoms with E-state index in [9.17, 15) is 0 Å². The largest absolute Gasteiger partial charge is 0.456 e. The molecular formula is C63H55BN2O. The summed E-state index contributed by atoms with van der Waals surface area (Å²) in [6, 6.07) is 52.5. The molecule has 9 aromatic rings. The summed E-state index contributed by atoms with van der Waals surface area (Å²) in [5.74, 6) is 5.41. The van der Waals surface area contributed by atoms with Crippen molar-refractivity contribution in [2.24, 2.45) is 35.5 Å². The lowest BCUT2D eigenvalue weighted by Crippen LogP contribution is -2.61. The number of nitrogens with zero attached hydrogens (tertiary/aromatic N) is 2. The van der Waals surface area contributed by atoms with E-state index in [0.717, 1.165) is 46.7 Å². The van der Waals surface area contributed by atoms with E-state index in [-0.39, 0.29) is 12.3 Å². The number of benzene rings is 7. The minimum atomic E-state index is -0.00733. The van der Waals surface area contributed by atoms with Gasteiger partial charge in [0.1, 0.15) is 11.2 Å². The number of fused-ring (bicyclic) bond motifs is 10. The predicted octanol–water partition coefficient (Wildman–Crippen LogP) is 14.8. The van der Waals surface area contributed by atoms with Crippen molar-refractivity contribution >= 4 is 72.9 Å². The molecular weight excluding hydrogens is 812 g/mol. The van der Waals surface area contributed by atoms with Gasteiger partial charge in [-0.3, -0.25) is 0 Å². The summed E-state index contributed by atoms with van der Waals surface area (Å²) in [5.41, 5.74) is 21.8. The van der Waals surface area contributed by atoms with Crippen LogP contribution in [0.3, 0.4) is 0 Å². The van der Waals surface area contributed by atoms with Gasteiger partial charge in [0.2, 0.25) is 0 Å². The molecule has 19 rings (SSSR count). The predicted molar refractivity (Wildman–Crippen MR) is 277 cm³/mol. The van der Waals surface area contributed by atoms with Gasteiger partial charge in [-0.15, -0.1) is 0 Å². The van der Waals surface area contributed by atoms with E-state index in [2.05, 4.69) is 150 Å². The average molecular weight is 867 g/mol. The molecule has 8 saturated carbocycles. The van der Waals surface area contributed by atoms with Gasteiger partial charge >= 0.3 is 6.85 Å². The van der Waals surface area contributed by atoms with Crippen LogP contribution in [0.1, 0.15) is 93.7 Å². The third kappa shape index (κ3) is 4.95. The molecule has 67 heavy (non-hydrogen) atoms. The van der Waals surface area contributed by atoms with Crippen LogP contribution in [0.15, 0.2) is 138 Å². The van der Waals surface area contributed by atoms with Crippen molar-refractivity contribution in [2.75, 3.05) is 4.81 Å². The molecule has 0 N–H and O–H groups in total. The van der Waals surface area contributed by atoms with E-state index in [1.54, 1.807) is 11.1 Å². The minimum Gasteiger partial charge on any atom is -0.456 e. The van der Waals surface area contributed by atoms with Gasteiger partial charge in [-0.05, 0) is 229 Å². The maximum Gasteiger partial charge on any atom is 0.333 e. The zero-order valence-electron chi connectivity index (χ0n) is 38.5. The van der Waals surface area contributed by atoms with Crippen LogP contribution in [0.25, 0.3) is 71.7 Å². The number of aryl methyl sites for hydroxylation is 1. The quantitative estimate of drug-likeness (QED) is 0.164. The zero-order valence-corrected chi connectivity index (χ0v) is 38.5. The lowest BCUT2D eigenvalue weighted by atomic mass is 9.42. The van der Waals surface area contributed by atoms with Crippen LogP contribution in [0.5, 0.6) is 0 Å². The van der Waals surface area contributed by atoms with E-state index >= 15 is 0 Å². The number of rotatable bonds is 4. The number of hydrogen-bond acceptors (Lipinski definition) is 2. The Balaban J connectivity index is 0.971. The van der Waals surface area contributed by atoms with Crippen LogP contribution in [-0.2, 0) is 10.8 Å². The Kier molecular flexibility index (Phi) is 7.05. The molecule has 7 aromatic carbocycles. The second kappa shape index (κ2) is 12.8. The number of anilines is 2. The summed E-state index contributed by atoms with van der Waals surface area (Å²) < 4.78 is 9.47. The third-order valence-electron chi connectivity index (χ3n) is 19.9. The molecule has 8 aliphatic carbocycles. The second-order valence-corrected chi connectivity index (χ2v) is 23.8. The number of hydrogen-bond donors (Lipinski definition) is 0. The van der Waals surface area contributed by atoms with Crippen molar-refractivity contribution in [1.82, 2.24) is 4.57 Å². The molecule has 0 unspecified atom stereocenters. The van der Waals surface area contributed by atoms with Crippen LogP contribution < -0.4 is 15.7 Å². The van der Waals surface area contributed by atoms with E-state index in [1.165, 1.54) is 165 Å². The van der Waals surface area contributed by atoms with Gasteiger partial charge in [0, 0.05) is 44.2 Å². The van der Waals surface area contributed by atoms with Crippen LogP contribution in [0.4, 0.5) is 11.4 Å². The molecule has 4 heterocycles. The maximum absolute atomic E-state index is 6.72. The smallest absolute Gasteiger partial charge is 0.333 e. The van der Waals surface area contributed by atoms with Crippen molar-refractivity contribution in [3.05, 3.63) is 150 Å². The second-order valence-electron chi connectivity index (χ2n) is 23.8. The standard InChI is InChI=1S/C63H55BN2O/c1-36-17-52-50-29-59-51(48-9-5-6-10-58(48)67-59)28-56(50)66(47-14-11-44(12-15-47)43-7-3-2-4-8-43)64-54-27-46(63-33-40-22-41(34-63)24-42(23-40)35-63)26-53-49-25-45(62-30-37-19-38(31-62)21-39(20-37)32-62)13-16-55(49)65(61(53)54)57(18-36)60(52)64/h2-18,25-29,37-42H,19-24,30-35H2,1H3. The molecule has 2 aromatic heterocycles. The lowest BCUT2D eigenvalue weighted by molar-refractivity contribution is -0.00526. The van der Waals surface area contributed by atoms with Crippen LogP contribution in [0.2, 0.25) is 0 Å². The SMILES string of the molecule is Cc1cc2c3c(c1)-n1c4ccc(C56CC7CC(CC(C7)C5)C6)cc4c4cc(C56CC7CC(CC(C7)C5)C6)cc(c41)B3N(c1ccc(-c3ccccc3)cc1)c1cc3c(cc1-2)oc1ccccc13. The molecule has 0 radical (unpaired) electrons. The summed E-state index contributed by atoms with van der Waals surface area (Å²) in [4.78, 5) is 2.76. The van der Waals surface area contributed by atoms with E-state index in [4.69, 9.17) is 4.42 Å². The number of aromatic nitrogens is 1. The Morgan fingerprint density at radius 2 is 1.12 bits per heavy atom. The van der Waals surface area contributed by atoms with Crippen LogP contribution >= 0.6 is 0 Å². The van der Waals surface area contributed by atoms with Crippen molar-refractivity contribution in [3.8, 4) is 27.9 Å². The summed E-state index contributed by atoms with van der Waals surface area (Å²) in [5, 5.41) is 5.36. The van der Waals surface area contributed by atoms with Crippen molar-refractivity contribution in [2.45, 2.75) is 94.8 Å². The van der Waals surface area contributed by atoms with E-state index in [0.29, 0.717) is 5.41 Å². The Labute approximate surface area is 393 Å². The van der Waals surface area contributed by atoms with Gasteiger partial charge in [0.05, 0.1) is 11.0 Å². The van der Waals surface area contributed by atoms with Crippen molar-refractivity contribution < 1.29 is 4.42 Å². The maximum atomic E-state index is 6.72. The van der Waals surface area contributed by atoms with Crippen molar-refractivity contribution in [1.29, 1.82) is 0 Å². The summed E-state index contributed by atoms with van der Waals surface area (Å²) in [6.45, 7) is 2.31. The molecule has 0 spiro atoms. The molecule has 2 aliphatic heterocycles. The highest BCUT2D eigenvalue weighted by atomic mass is 16.3. The first-order chi connectivity index (χ1) is 32.9. The Morgan fingerprint density at radius 1 is 0.493 bits per heavy atom. The molecule has 0 amide bonds. The van der Waals surface area contributed by atoms with Gasteiger partial charge in [0.15, 0.2) is 0 Å². The lowest BCUT2D eigenvalue weighted by Gasteiger charge is -2.57. The molecule has 4 heteroatoms. The molecule has 0 saturated heterocycles. The molecule has 8 fully saturated rings. The minimum absolute atomic E-state index is 0.00733. The first-order valence-electron chi connectivity index (χ1n) is 26.1. The fraction of sp³-hybridized carbons (Fsp3) is 0.333. The van der Waals surface area contributed by atoms with Crippen molar-refractivity contribution in [3.63, 3.8) is 0 Å². The topological polar surface area (TPSA) is 21.3 Å². The zero-order chi connectivity index (χ0) is 43.5. The van der Waals surface area contributed by atoms with Crippen LogP contribution in [0, 0.1) is 42.4 Å². The highest BCUT2D eigenvalue weighted by Gasteiger charge is 2.54. The number of furan rings is 1. The summed E-state index contributed by atoms with van der Waals surface area (Å²) in [7, 11) is 0. The molecule has 8 bridgehead atoms. The summed E-state index contributed by atoms with van der Waals surface area (Å²) in [6.07, 6.45) is 17.1. The van der Waals surface area contributed by atoms with E-state index < -0.39 is 0 Å². The Bertz CT molecular complexity index is 3560. The fourth-order valence-electron chi connectivity index (χ4n) is 18.1. The first kappa shape index (κ1) is 37.0. The Hall–Kier alpha value is -6.00. The molecule has 326 valence electrons. The third-order valence-corrected chi connectivity index (χ3v) is 19.9. The first-order valence-corrected chi connectivity index (χ1v) is 26.1. The normalized spacial score (nSPS) is 29.2. The molecule has 3 nitrogen and oxygen atoms in total. The van der Waals surface area contributed by atoms with E-state index in [1.807, 2.05) is 0 Å². The number of para-hydroxylation sites is 1. The average Bonchev–Trinajstić information content (AvgIpc) is 3.87. The van der Waals surface area contributed by atoms with Gasteiger partial charge in [0.25, 0.3) is 0 Å². The van der Waals surface area contributed by atoms with Crippen LogP contribution in [-0.4, -0.2) is 11.4 Å².